The van der Waals surface area contributed by atoms with Crippen LogP contribution in [0, 0.1) is 11.8 Å². The standard InChI is InChI=1S/C11H21NO2/c1-8(2)9-4-6-11(14,7-5-9)10(13)12-3/h8-9,14H,4-7H2,1-3H3,(H,12,13). The number of amides is 1. The van der Waals surface area contributed by atoms with Gasteiger partial charge < -0.3 is 10.4 Å². The van der Waals surface area contributed by atoms with Crippen molar-refractivity contribution in [3.8, 4) is 0 Å². The predicted octanol–water partition coefficient (Wildman–Crippen LogP) is 1.31. The number of rotatable bonds is 2. The highest BCUT2D eigenvalue weighted by Crippen LogP contribution is 2.35. The average Bonchev–Trinajstić information content (AvgIpc) is 2.17. The highest BCUT2D eigenvalue weighted by atomic mass is 16.3. The fourth-order valence-electron chi connectivity index (χ4n) is 2.24. The van der Waals surface area contributed by atoms with Crippen molar-refractivity contribution in [3.63, 3.8) is 0 Å². The molecule has 1 amide bonds. The minimum atomic E-state index is -1.10. The normalized spacial score (nSPS) is 33.1. The number of nitrogens with one attached hydrogen (secondary N) is 1. The molecule has 82 valence electrons. The van der Waals surface area contributed by atoms with Gasteiger partial charge in [-0.05, 0) is 37.5 Å². The maximum absolute atomic E-state index is 11.4. The van der Waals surface area contributed by atoms with Crippen LogP contribution in [0.25, 0.3) is 0 Å². The van der Waals surface area contributed by atoms with Gasteiger partial charge in [0.15, 0.2) is 0 Å². The molecule has 0 aromatic carbocycles. The number of aliphatic hydroxyl groups is 1. The summed E-state index contributed by atoms with van der Waals surface area (Å²) in [5.41, 5.74) is -1.10. The summed E-state index contributed by atoms with van der Waals surface area (Å²) in [5.74, 6) is 1.10. The van der Waals surface area contributed by atoms with Gasteiger partial charge in [-0.3, -0.25) is 4.79 Å². The Balaban J connectivity index is 2.53. The third kappa shape index (κ3) is 2.27. The molecule has 14 heavy (non-hydrogen) atoms. The molecule has 1 rings (SSSR count). The first-order chi connectivity index (χ1) is 6.49. The van der Waals surface area contributed by atoms with E-state index >= 15 is 0 Å². The molecule has 1 aliphatic rings. The van der Waals surface area contributed by atoms with E-state index in [2.05, 4.69) is 19.2 Å². The van der Waals surface area contributed by atoms with Crippen LogP contribution in [0.3, 0.4) is 0 Å². The summed E-state index contributed by atoms with van der Waals surface area (Å²) in [6.07, 6.45) is 3.13. The second-order valence-electron chi connectivity index (χ2n) is 4.69. The monoisotopic (exact) mass is 199 g/mol. The lowest BCUT2D eigenvalue weighted by Gasteiger charge is -2.35. The molecule has 3 nitrogen and oxygen atoms in total. The molecular formula is C11H21NO2. The summed E-state index contributed by atoms with van der Waals surface area (Å²) in [6.45, 7) is 4.41. The van der Waals surface area contributed by atoms with E-state index in [1.807, 2.05) is 0 Å². The molecule has 0 atom stereocenters. The summed E-state index contributed by atoms with van der Waals surface area (Å²) < 4.78 is 0. The molecule has 0 aromatic rings. The molecular weight excluding hydrogens is 178 g/mol. The lowest BCUT2D eigenvalue weighted by Crippen LogP contribution is -2.48. The Hall–Kier alpha value is -0.570. The molecule has 0 aromatic heterocycles. The van der Waals surface area contributed by atoms with E-state index in [9.17, 15) is 9.90 Å². The van der Waals surface area contributed by atoms with Crippen LogP contribution in [0.2, 0.25) is 0 Å². The molecule has 3 heteroatoms. The second-order valence-corrected chi connectivity index (χ2v) is 4.69. The molecule has 0 heterocycles. The van der Waals surface area contributed by atoms with Crippen LogP contribution in [-0.2, 0) is 4.79 Å². The van der Waals surface area contributed by atoms with Crippen LogP contribution in [0.4, 0.5) is 0 Å². The average molecular weight is 199 g/mol. The van der Waals surface area contributed by atoms with Crippen LogP contribution in [0.1, 0.15) is 39.5 Å². The Bertz CT molecular complexity index is 205. The van der Waals surface area contributed by atoms with Gasteiger partial charge in [-0.15, -0.1) is 0 Å². The maximum atomic E-state index is 11.4. The summed E-state index contributed by atoms with van der Waals surface area (Å²) in [4.78, 5) is 11.4. The van der Waals surface area contributed by atoms with E-state index in [1.165, 1.54) is 0 Å². The largest absolute Gasteiger partial charge is 0.380 e. The lowest BCUT2D eigenvalue weighted by atomic mass is 9.74. The van der Waals surface area contributed by atoms with E-state index in [0.29, 0.717) is 24.7 Å². The molecule has 0 spiro atoms. The Morgan fingerprint density at radius 3 is 2.29 bits per heavy atom. The van der Waals surface area contributed by atoms with E-state index in [1.54, 1.807) is 7.05 Å². The zero-order valence-corrected chi connectivity index (χ0v) is 9.34. The molecule has 0 bridgehead atoms. The topological polar surface area (TPSA) is 49.3 Å². The van der Waals surface area contributed by atoms with Gasteiger partial charge in [-0.2, -0.15) is 0 Å². The SMILES string of the molecule is CNC(=O)C1(O)CCC(C(C)C)CC1. The van der Waals surface area contributed by atoms with E-state index in [-0.39, 0.29) is 5.91 Å². The van der Waals surface area contributed by atoms with E-state index in [0.717, 1.165) is 12.8 Å². The summed E-state index contributed by atoms with van der Waals surface area (Å²) in [6, 6.07) is 0. The number of carbonyl (C=O) groups is 1. The fourth-order valence-corrected chi connectivity index (χ4v) is 2.24. The molecule has 0 radical (unpaired) electrons. The van der Waals surface area contributed by atoms with E-state index in [4.69, 9.17) is 0 Å². The number of likely N-dealkylation sites (N-methyl/N-ethyl adjacent to an activating group) is 1. The van der Waals surface area contributed by atoms with E-state index < -0.39 is 5.60 Å². The van der Waals surface area contributed by atoms with Gasteiger partial charge in [0.05, 0.1) is 0 Å². The van der Waals surface area contributed by atoms with Gasteiger partial charge in [-0.25, -0.2) is 0 Å². The molecule has 2 N–H and O–H groups in total. The zero-order valence-electron chi connectivity index (χ0n) is 9.34. The van der Waals surface area contributed by atoms with Gasteiger partial charge >= 0.3 is 0 Å². The second kappa shape index (κ2) is 4.30. The van der Waals surface area contributed by atoms with Crippen LogP contribution in [0.15, 0.2) is 0 Å². The summed E-state index contributed by atoms with van der Waals surface area (Å²) in [5, 5.41) is 12.6. The quantitative estimate of drug-likeness (QED) is 0.704. The van der Waals surface area contributed by atoms with Gasteiger partial charge in [0.25, 0.3) is 5.91 Å². The fraction of sp³-hybridized carbons (Fsp3) is 0.909. The minimum Gasteiger partial charge on any atom is -0.380 e. The van der Waals surface area contributed by atoms with Crippen molar-refractivity contribution < 1.29 is 9.90 Å². The Kier molecular flexibility index (Phi) is 3.53. The first-order valence-electron chi connectivity index (χ1n) is 5.44. The zero-order chi connectivity index (χ0) is 10.8. The van der Waals surface area contributed by atoms with Crippen molar-refractivity contribution in [2.24, 2.45) is 11.8 Å². The third-order valence-electron chi connectivity index (χ3n) is 3.45. The Morgan fingerprint density at radius 1 is 1.43 bits per heavy atom. The maximum Gasteiger partial charge on any atom is 0.251 e. The molecule has 0 aliphatic heterocycles. The van der Waals surface area contributed by atoms with Gasteiger partial charge in [0, 0.05) is 7.05 Å². The smallest absolute Gasteiger partial charge is 0.251 e. The highest BCUT2D eigenvalue weighted by Gasteiger charge is 2.39. The van der Waals surface area contributed by atoms with Crippen LogP contribution >= 0.6 is 0 Å². The van der Waals surface area contributed by atoms with Crippen molar-refractivity contribution in [3.05, 3.63) is 0 Å². The number of hydrogen-bond acceptors (Lipinski definition) is 2. The third-order valence-corrected chi connectivity index (χ3v) is 3.45. The van der Waals surface area contributed by atoms with Crippen LogP contribution < -0.4 is 5.32 Å². The number of carbonyl (C=O) groups excluding carboxylic acids is 1. The first-order valence-corrected chi connectivity index (χ1v) is 5.44. The van der Waals surface area contributed by atoms with Crippen LogP contribution in [0.5, 0.6) is 0 Å². The molecule has 1 fully saturated rings. The van der Waals surface area contributed by atoms with Crippen molar-refractivity contribution in [2.75, 3.05) is 7.05 Å². The molecule has 1 aliphatic carbocycles. The lowest BCUT2D eigenvalue weighted by molar-refractivity contribution is -0.143. The number of hydrogen-bond donors (Lipinski definition) is 2. The van der Waals surface area contributed by atoms with Gasteiger partial charge in [0.1, 0.15) is 5.60 Å². The van der Waals surface area contributed by atoms with Crippen molar-refractivity contribution in [2.45, 2.75) is 45.1 Å². The van der Waals surface area contributed by atoms with Crippen LogP contribution in [-0.4, -0.2) is 23.7 Å². The van der Waals surface area contributed by atoms with Crippen molar-refractivity contribution >= 4 is 5.91 Å². The minimum absolute atomic E-state index is 0.222. The molecule has 0 saturated heterocycles. The van der Waals surface area contributed by atoms with Crippen molar-refractivity contribution in [1.82, 2.24) is 5.32 Å². The van der Waals surface area contributed by atoms with Gasteiger partial charge in [0.2, 0.25) is 0 Å². The Labute approximate surface area is 85.9 Å². The van der Waals surface area contributed by atoms with Gasteiger partial charge in [-0.1, -0.05) is 13.8 Å². The van der Waals surface area contributed by atoms with Crippen molar-refractivity contribution in [1.29, 1.82) is 0 Å². The highest BCUT2D eigenvalue weighted by molar-refractivity contribution is 5.84. The molecule has 0 unspecified atom stereocenters. The molecule has 1 saturated carbocycles. The summed E-state index contributed by atoms with van der Waals surface area (Å²) >= 11 is 0. The predicted molar refractivity (Wildman–Crippen MR) is 55.8 cm³/mol. The Morgan fingerprint density at radius 2 is 1.93 bits per heavy atom. The first kappa shape index (κ1) is 11.5. The summed E-state index contributed by atoms with van der Waals surface area (Å²) in [7, 11) is 1.58.